The molecule has 1 aromatic heterocycles. The van der Waals surface area contributed by atoms with Crippen LogP contribution in [0.25, 0.3) is 0 Å². The van der Waals surface area contributed by atoms with Crippen molar-refractivity contribution in [1.29, 1.82) is 0 Å². The Morgan fingerprint density at radius 3 is 2.61 bits per heavy atom. The maximum atomic E-state index is 11.7. The molecule has 0 aliphatic carbocycles. The van der Waals surface area contributed by atoms with Crippen molar-refractivity contribution in [3.8, 4) is 0 Å². The zero-order valence-corrected chi connectivity index (χ0v) is 12.1. The molecule has 3 N–H and O–H groups in total. The molecule has 0 saturated carbocycles. The van der Waals surface area contributed by atoms with Gasteiger partial charge < -0.3 is 11.1 Å². The lowest BCUT2D eigenvalue weighted by Gasteiger charge is -2.19. The summed E-state index contributed by atoms with van der Waals surface area (Å²) in [6.45, 7) is 6.89. The summed E-state index contributed by atoms with van der Waals surface area (Å²) in [6.07, 6.45) is 2.36. The first kappa shape index (κ1) is 15.0. The van der Waals surface area contributed by atoms with Crippen LogP contribution in [0.4, 0.5) is 5.13 Å². The largest absolute Gasteiger partial charge is 0.330 e. The summed E-state index contributed by atoms with van der Waals surface area (Å²) < 4.78 is 0. The topological polar surface area (TPSA) is 80.9 Å². The Morgan fingerprint density at radius 1 is 1.39 bits per heavy atom. The van der Waals surface area contributed by atoms with Gasteiger partial charge in [-0.3, -0.25) is 4.79 Å². The van der Waals surface area contributed by atoms with E-state index in [2.05, 4.69) is 29.4 Å². The standard InChI is InChI=1S/C12H22N4OS/c1-8(2)10(6-7-13)4-5-11(17)14-12-16-15-9(3)18-12/h8,10H,4-7,13H2,1-3H3,(H,14,16,17). The Morgan fingerprint density at radius 2 is 2.11 bits per heavy atom. The molecule has 1 amide bonds. The Labute approximate surface area is 112 Å². The predicted octanol–water partition coefficient (Wildman–Crippen LogP) is 2.19. The average Bonchev–Trinajstić information content (AvgIpc) is 2.69. The van der Waals surface area contributed by atoms with Crippen LogP contribution in [0, 0.1) is 18.8 Å². The van der Waals surface area contributed by atoms with Crippen LogP contribution < -0.4 is 11.1 Å². The van der Waals surface area contributed by atoms with E-state index in [-0.39, 0.29) is 5.91 Å². The van der Waals surface area contributed by atoms with Gasteiger partial charge in [-0.15, -0.1) is 10.2 Å². The Hall–Kier alpha value is -1.01. The highest BCUT2D eigenvalue weighted by Gasteiger charge is 2.15. The second-order valence-corrected chi connectivity index (χ2v) is 5.98. The van der Waals surface area contributed by atoms with E-state index in [9.17, 15) is 4.79 Å². The van der Waals surface area contributed by atoms with Crippen molar-refractivity contribution in [1.82, 2.24) is 10.2 Å². The van der Waals surface area contributed by atoms with Crippen LogP contribution in [0.1, 0.15) is 38.1 Å². The van der Waals surface area contributed by atoms with E-state index >= 15 is 0 Å². The fourth-order valence-corrected chi connectivity index (χ4v) is 2.48. The zero-order chi connectivity index (χ0) is 13.5. The van der Waals surface area contributed by atoms with Crippen LogP contribution in [-0.4, -0.2) is 22.6 Å². The molecule has 1 aromatic rings. The molecule has 1 atom stereocenters. The van der Waals surface area contributed by atoms with Gasteiger partial charge in [-0.05, 0) is 38.1 Å². The molecule has 6 heteroatoms. The smallest absolute Gasteiger partial charge is 0.226 e. The normalized spacial score (nSPS) is 12.7. The first-order chi connectivity index (χ1) is 8.52. The van der Waals surface area contributed by atoms with Crippen molar-refractivity contribution in [2.75, 3.05) is 11.9 Å². The summed E-state index contributed by atoms with van der Waals surface area (Å²) in [5.74, 6) is 1.08. The minimum atomic E-state index is 0.00817. The third-order valence-corrected chi connectivity index (χ3v) is 3.75. The van der Waals surface area contributed by atoms with Crippen molar-refractivity contribution < 1.29 is 4.79 Å². The van der Waals surface area contributed by atoms with Crippen LogP contribution >= 0.6 is 11.3 Å². The van der Waals surface area contributed by atoms with Crippen LogP contribution in [0.3, 0.4) is 0 Å². The molecular formula is C12H22N4OS. The fraction of sp³-hybridized carbons (Fsp3) is 0.750. The summed E-state index contributed by atoms with van der Waals surface area (Å²) >= 11 is 1.39. The van der Waals surface area contributed by atoms with Gasteiger partial charge in [0.2, 0.25) is 11.0 Å². The van der Waals surface area contributed by atoms with Crippen LogP contribution in [0.15, 0.2) is 0 Å². The number of nitrogens with one attached hydrogen (secondary N) is 1. The zero-order valence-electron chi connectivity index (χ0n) is 11.3. The molecule has 0 fully saturated rings. The summed E-state index contributed by atoms with van der Waals surface area (Å²) in [5.41, 5.74) is 5.58. The maximum Gasteiger partial charge on any atom is 0.226 e. The highest BCUT2D eigenvalue weighted by atomic mass is 32.1. The van der Waals surface area contributed by atoms with E-state index in [1.165, 1.54) is 11.3 Å². The molecular weight excluding hydrogens is 248 g/mol. The van der Waals surface area contributed by atoms with Crippen molar-refractivity contribution in [2.24, 2.45) is 17.6 Å². The number of carbonyl (C=O) groups excluding carboxylic acids is 1. The van der Waals surface area contributed by atoms with Gasteiger partial charge in [-0.1, -0.05) is 25.2 Å². The monoisotopic (exact) mass is 270 g/mol. The molecule has 1 rings (SSSR count). The number of hydrogen-bond donors (Lipinski definition) is 2. The van der Waals surface area contributed by atoms with Crippen molar-refractivity contribution in [3.05, 3.63) is 5.01 Å². The molecule has 0 radical (unpaired) electrons. The van der Waals surface area contributed by atoms with Crippen LogP contribution in [0.2, 0.25) is 0 Å². The molecule has 0 aliphatic heterocycles. The molecule has 5 nitrogen and oxygen atoms in total. The van der Waals surface area contributed by atoms with Gasteiger partial charge in [0.1, 0.15) is 5.01 Å². The number of rotatable bonds is 7. The summed E-state index contributed by atoms with van der Waals surface area (Å²) in [5, 5.41) is 11.9. The molecule has 0 aliphatic rings. The van der Waals surface area contributed by atoms with Gasteiger partial charge in [0, 0.05) is 6.42 Å². The molecule has 0 bridgehead atoms. The van der Waals surface area contributed by atoms with Crippen molar-refractivity contribution in [3.63, 3.8) is 0 Å². The van der Waals surface area contributed by atoms with E-state index in [4.69, 9.17) is 5.73 Å². The SMILES string of the molecule is Cc1nnc(NC(=O)CCC(CCN)C(C)C)s1. The third-order valence-electron chi connectivity index (χ3n) is 2.99. The Balaban J connectivity index is 2.35. The summed E-state index contributed by atoms with van der Waals surface area (Å²) in [7, 11) is 0. The lowest BCUT2D eigenvalue weighted by molar-refractivity contribution is -0.116. The molecule has 18 heavy (non-hydrogen) atoms. The van der Waals surface area contributed by atoms with Crippen molar-refractivity contribution >= 4 is 22.4 Å². The Kier molecular flexibility index (Phi) is 6.21. The van der Waals surface area contributed by atoms with Gasteiger partial charge in [-0.25, -0.2) is 0 Å². The quantitative estimate of drug-likeness (QED) is 0.795. The Bertz CT molecular complexity index is 378. The number of amides is 1. The second-order valence-electron chi connectivity index (χ2n) is 4.79. The molecule has 1 unspecified atom stereocenters. The van der Waals surface area contributed by atoms with E-state index < -0.39 is 0 Å². The molecule has 102 valence electrons. The van der Waals surface area contributed by atoms with Gasteiger partial charge in [0.15, 0.2) is 0 Å². The van der Waals surface area contributed by atoms with E-state index in [1.807, 2.05) is 6.92 Å². The minimum Gasteiger partial charge on any atom is -0.330 e. The third kappa shape index (κ3) is 5.10. The lowest BCUT2D eigenvalue weighted by atomic mass is 9.88. The van der Waals surface area contributed by atoms with Gasteiger partial charge in [0.25, 0.3) is 0 Å². The van der Waals surface area contributed by atoms with Gasteiger partial charge in [0.05, 0.1) is 0 Å². The van der Waals surface area contributed by atoms with Gasteiger partial charge >= 0.3 is 0 Å². The summed E-state index contributed by atoms with van der Waals surface area (Å²) in [4.78, 5) is 11.7. The van der Waals surface area contributed by atoms with Crippen molar-refractivity contribution in [2.45, 2.75) is 40.0 Å². The molecule has 0 spiro atoms. The minimum absolute atomic E-state index is 0.00817. The number of carbonyl (C=O) groups is 1. The summed E-state index contributed by atoms with van der Waals surface area (Å²) in [6, 6.07) is 0. The van der Waals surface area contributed by atoms with Crippen LogP contribution in [-0.2, 0) is 4.79 Å². The number of nitrogens with two attached hydrogens (primary N) is 1. The number of aryl methyl sites for hydroxylation is 1. The second kappa shape index (κ2) is 7.43. The predicted molar refractivity (Wildman–Crippen MR) is 74.5 cm³/mol. The first-order valence-corrected chi connectivity index (χ1v) is 7.14. The van der Waals surface area contributed by atoms with E-state index in [0.717, 1.165) is 17.8 Å². The number of aromatic nitrogens is 2. The van der Waals surface area contributed by atoms with E-state index in [0.29, 0.717) is 29.9 Å². The lowest BCUT2D eigenvalue weighted by Crippen LogP contribution is -2.18. The fourth-order valence-electron chi connectivity index (χ4n) is 1.87. The number of anilines is 1. The maximum absolute atomic E-state index is 11.7. The number of nitrogens with zero attached hydrogens (tertiary/aromatic N) is 2. The number of hydrogen-bond acceptors (Lipinski definition) is 5. The van der Waals surface area contributed by atoms with Gasteiger partial charge in [-0.2, -0.15) is 0 Å². The average molecular weight is 270 g/mol. The first-order valence-electron chi connectivity index (χ1n) is 6.33. The molecule has 0 saturated heterocycles. The highest BCUT2D eigenvalue weighted by molar-refractivity contribution is 7.15. The van der Waals surface area contributed by atoms with Crippen LogP contribution in [0.5, 0.6) is 0 Å². The molecule has 0 aromatic carbocycles. The van der Waals surface area contributed by atoms with E-state index in [1.54, 1.807) is 0 Å². The molecule has 1 heterocycles. The highest BCUT2D eigenvalue weighted by Crippen LogP contribution is 2.21.